The smallest absolute Gasteiger partial charge is 0.240 e. The van der Waals surface area contributed by atoms with E-state index in [0.717, 1.165) is 39.1 Å². The van der Waals surface area contributed by atoms with E-state index in [1.165, 1.54) is 23.4 Å². The highest BCUT2D eigenvalue weighted by molar-refractivity contribution is 7.89. The maximum absolute atomic E-state index is 12.5. The van der Waals surface area contributed by atoms with Crippen molar-refractivity contribution in [3.05, 3.63) is 54.1 Å². The van der Waals surface area contributed by atoms with Crippen molar-refractivity contribution in [2.75, 3.05) is 43.1 Å². The first-order valence-corrected chi connectivity index (χ1v) is 12.3. The Bertz CT molecular complexity index is 938. The molecule has 2 aromatic carbocycles. The molecule has 2 aromatic rings. The van der Waals surface area contributed by atoms with Crippen LogP contribution in [0.15, 0.2) is 53.4 Å². The highest BCUT2D eigenvalue weighted by Crippen LogP contribution is 2.18. The van der Waals surface area contributed by atoms with Gasteiger partial charge in [0.05, 0.1) is 18.1 Å². The summed E-state index contributed by atoms with van der Waals surface area (Å²) in [5.41, 5.74) is 2.98. The summed E-state index contributed by atoms with van der Waals surface area (Å²) in [5.74, 6) is -0.0748. The Hall–Kier alpha value is -2.42. The van der Waals surface area contributed by atoms with Crippen molar-refractivity contribution >= 4 is 27.3 Å². The van der Waals surface area contributed by atoms with Gasteiger partial charge in [-0.05, 0) is 61.2 Å². The van der Waals surface area contributed by atoms with Crippen LogP contribution in [0.25, 0.3) is 0 Å². The summed E-state index contributed by atoms with van der Waals surface area (Å²) >= 11 is 0. The summed E-state index contributed by atoms with van der Waals surface area (Å²) in [5, 5.41) is 2.75. The largest absolute Gasteiger partial charge is 0.378 e. The topological polar surface area (TPSA) is 87.7 Å². The lowest BCUT2D eigenvalue weighted by Crippen LogP contribution is -2.36. The molecule has 1 aliphatic heterocycles. The number of nitrogens with one attached hydrogen (secondary N) is 2. The molecule has 0 unspecified atom stereocenters. The molecule has 31 heavy (non-hydrogen) atoms. The van der Waals surface area contributed by atoms with Gasteiger partial charge in [0.1, 0.15) is 0 Å². The van der Waals surface area contributed by atoms with Gasteiger partial charge in [-0.1, -0.05) is 19.1 Å². The normalized spacial score (nSPS) is 14.4. The third-order valence-electron chi connectivity index (χ3n) is 5.17. The monoisotopic (exact) mass is 445 g/mol. The second kappa shape index (κ2) is 11.3. The number of morpholine rings is 1. The summed E-state index contributed by atoms with van der Waals surface area (Å²) in [4.78, 5) is 14.1. The van der Waals surface area contributed by atoms with Crippen LogP contribution in [0.3, 0.4) is 0 Å². The molecular weight excluding hydrogens is 414 g/mol. The predicted octanol–water partition coefficient (Wildman–Crippen LogP) is 3.17. The summed E-state index contributed by atoms with van der Waals surface area (Å²) in [6.07, 6.45) is 2.72. The van der Waals surface area contributed by atoms with Crippen molar-refractivity contribution < 1.29 is 17.9 Å². The number of hydrogen-bond acceptors (Lipinski definition) is 5. The van der Waals surface area contributed by atoms with E-state index in [1.54, 1.807) is 12.1 Å². The summed E-state index contributed by atoms with van der Waals surface area (Å²) in [6, 6.07) is 14.7. The molecule has 0 saturated carbocycles. The van der Waals surface area contributed by atoms with E-state index in [-0.39, 0.29) is 10.8 Å². The van der Waals surface area contributed by atoms with Crippen LogP contribution in [0.2, 0.25) is 0 Å². The Kier molecular flexibility index (Phi) is 8.45. The molecule has 7 nitrogen and oxygen atoms in total. The van der Waals surface area contributed by atoms with Crippen molar-refractivity contribution in [2.24, 2.45) is 0 Å². The van der Waals surface area contributed by atoms with Crippen LogP contribution in [0.5, 0.6) is 0 Å². The van der Waals surface area contributed by atoms with Crippen LogP contribution in [-0.2, 0) is 26.0 Å². The van der Waals surface area contributed by atoms with Gasteiger partial charge in [0.15, 0.2) is 0 Å². The van der Waals surface area contributed by atoms with Crippen LogP contribution < -0.4 is 14.9 Å². The molecule has 1 aliphatic rings. The highest BCUT2D eigenvalue weighted by Gasteiger charge is 2.14. The number of carbonyl (C=O) groups excluding carboxylic acids is 1. The van der Waals surface area contributed by atoms with Gasteiger partial charge in [0.25, 0.3) is 0 Å². The molecule has 2 N–H and O–H groups in total. The first kappa shape index (κ1) is 23.2. The minimum Gasteiger partial charge on any atom is -0.378 e. The molecule has 1 amide bonds. The van der Waals surface area contributed by atoms with Crippen LogP contribution in [0.4, 0.5) is 11.4 Å². The van der Waals surface area contributed by atoms with Crippen molar-refractivity contribution in [1.29, 1.82) is 0 Å². The number of nitrogens with zero attached hydrogens (tertiary/aromatic N) is 1. The van der Waals surface area contributed by atoms with Crippen molar-refractivity contribution in [3.8, 4) is 0 Å². The van der Waals surface area contributed by atoms with Gasteiger partial charge in [-0.2, -0.15) is 0 Å². The van der Waals surface area contributed by atoms with Crippen molar-refractivity contribution in [3.63, 3.8) is 0 Å². The van der Waals surface area contributed by atoms with E-state index in [2.05, 4.69) is 39.2 Å². The number of anilines is 2. The average Bonchev–Trinajstić information content (AvgIpc) is 2.78. The molecule has 0 atom stereocenters. The lowest BCUT2D eigenvalue weighted by molar-refractivity contribution is -0.116. The first-order chi connectivity index (χ1) is 15.0. The molecule has 3 rings (SSSR count). The van der Waals surface area contributed by atoms with E-state index >= 15 is 0 Å². The number of rotatable bonds is 10. The number of benzene rings is 2. The standard InChI is InChI=1S/C23H31N3O4S/c1-2-4-23(27)25-20-8-12-22(13-9-20)31(28,29)24-14-3-5-19-6-10-21(11-7-19)26-15-17-30-18-16-26/h6-13,24H,2-5,14-18H2,1H3,(H,25,27). The zero-order valence-electron chi connectivity index (χ0n) is 18.0. The number of carbonyl (C=O) groups is 1. The second-order valence-electron chi connectivity index (χ2n) is 7.59. The molecule has 0 radical (unpaired) electrons. The Morgan fingerprint density at radius 3 is 2.35 bits per heavy atom. The van der Waals surface area contributed by atoms with E-state index in [0.29, 0.717) is 25.1 Å². The zero-order chi connectivity index (χ0) is 22.1. The second-order valence-corrected chi connectivity index (χ2v) is 9.36. The number of ether oxygens (including phenoxy) is 1. The molecule has 0 bridgehead atoms. The van der Waals surface area contributed by atoms with Gasteiger partial charge < -0.3 is 15.0 Å². The molecule has 1 heterocycles. The Balaban J connectivity index is 1.44. The minimum absolute atomic E-state index is 0.0748. The first-order valence-electron chi connectivity index (χ1n) is 10.8. The molecule has 168 valence electrons. The third-order valence-corrected chi connectivity index (χ3v) is 6.65. The van der Waals surface area contributed by atoms with E-state index in [1.807, 2.05) is 6.92 Å². The SMILES string of the molecule is CCCC(=O)Nc1ccc(S(=O)(=O)NCCCc2ccc(N3CCOCC3)cc2)cc1. The van der Waals surface area contributed by atoms with Crippen LogP contribution >= 0.6 is 0 Å². The molecule has 1 fully saturated rings. The van der Waals surface area contributed by atoms with Crippen LogP contribution in [-0.4, -0.2) is 47.2 Å². The van der Waals surface area contributed by atoms with Crippen molar-refractivity contribution in [2.45, 2.75) is 37.5 Å². The van der Waals surface area contributed by atoms with Gasteiger partial charge in [0.2, 0.25) is 15.9 Å². The average molecular weight is 446 g/mol. The Morgan fingerprint density at radius 1 is 1.03 bits per heavy atom. The molecule has 0 spiro atoms. The number of hydrogen-bond donors (Lipinski definition) is 2. The Labute approximate surface area is 184 Å². The quantitative estimate of drug-likeness (QED) is 0.549. The third kappa shape index (κ3) is 7.05. The maximum Gasteiger partial charge on any atom is 0.240 e. The van der Waals surface area contributed by atoms with Crippen LogP contribution in [0.1, 0.15) is 31.7 Å². The summed E-state index contributed by atoms with van der Waals surface area (Å²) in [7, 11) is -3.57. The number of amides is 1. The van der Waals surface area contributed by atoms with Crippen molar-refractivity contribution in [1.82, 2.24) is 4.72 Å². The van der Waals surface area contributed by atoms with Gasteiger partial charge in [0, 0.05) is 37.4 Å². The van der Waals surface area contributed by atoms with Gasteiger partial charge in [-0.15, -0.1) is 0 Å². The minimum atomic E-state index is -3.57. The lowest BCUT2D eigenvalue weighted by Gasteiger charge is -2.28. The molecular formula is C23H31N3O4S. The van der Waals surface area contributed by atoms with E-state index < -0.39 is 10.0 Å². The molecule has 0 aromatic heterocycles. The van der Waals surface area contributed by atoms with Gasteiger partial charge >= 0.3 is 0 Å². The molecule has 1 saturated heterocycles. The highest BCUT2D eigenvalue weighted by atomic mass is 32.2. The number of aryl methyl sites for hydroxylation is 1. The van der Waals surface area contributed by atoms with Gasteiger partial charge in [-0.25, -0.2) is 13.1 Å². The fourth-order valence-corrected chi connectivity index (χ4v) is 4.52. The van der Waals surface area contributed by atoms with E-state index in [4.69, 9.17) is 4.74 Å². The summed E-state index contributed by atoms with van der Waals surface area (Å²) in [6.45, 7) is 5.64. The fraction of sp³-hybridized carbons (Fsp3) is 0.435. The van der Waals surface area contributed by atoms with Crippen LogP contribution in [0, 0.1) is 0 Å². The Morgan fingerprint density at radius 2 is 1.71 bits per heavy atom. The summed E-state index contributed by atoms with van der Waals surface area (Å²) < 4.78 is 33.0. The maximum atomic E-state index is 12.5. The van der Waals surface area contributed by atoms with Gasteiger partial charge in [-0.3, -0.25) is 4.79 Å². The molecule has 0 aliphatic carbocycles. The lowest BCUT2D eigenvalue weighted by atomic mass is 10.1. The fourth-order valence-electron chi connectivity index (χ4n) is 3.45. The van der Waals surface area contributed by atoms with E-state index in [9.17, 15) is 13.2 Å². The zero-order valence-corrected chi connectivity index (χ0v) is 18.8. The number of sulfonamides is 1. The predicted molar refractivity (Wildman–Crippen MR) is 123 cm³/mol. The molecule has 8 heteroatoms.